The van der Waals surface area contributed by atoms with Gasteiger partial charge in [0, 0.05) is 19.4 Å². The summed E-state index contributed by atoms with van der Waals surface area (Å²) in [5.41, 5.74) is 1.39. The Morgan fingerprint density at radius 1 is 1.36 bits per heavy atom. The van der Waals surface area contributed by atoms with Crippen LogP contribution in [0.25, 0.3) is 0 Å². The summed E-state index contributed by atoms with van der Waals surface area (Å²) in [5, 5.41) is 4.01. The fourth-order valence-electron chi connectivity index (χ4n) is 3.50. The van der Waals surface area contributed by atoms with E-state index >= 15 is 0 Å². The summed E-state index contributed by atoms with van der Waals surface area (Å²) in [6, 6.07) is 7.03. The third kappa shape index (κ3) is 2.79. The van der Waals surface area contributed by atoms with Gasteiger partial charge in [0.05, 0.1) is 11.6 Å². The molecule has 2 unspecified atom stereocenters. The highest BCUT2D eigenvalue weighted by Gasteiger charge is 2.40. The van der Waals surface area contributed by atoms with Crippen LogP contribution in [-0.4, -0.2) is 39.6 Å². The second kappa shape index (κ2) is 6.31. The maximum atomic E-state index is 13.0. The predicted molar refractivity (Wildman–Crippen MR) is 86.7 cm³/mol. The van der Waals surface area contributed by atoms with Gasteiger partial charge in [0.25, 0.3) is 5.91 Å². The van der Waals surface area contributed by atoms with Crippen LogP contribution in [0.3, 0.4) is 0 Å². The van der Waals surface area contributed by atoms with Crippen LogP contribution < -0.4 is 0 Å². The first-order valence-corrected chi connectivity index (χ1v) is 8.59. The zero-order valence-electron chi connectivity index (χ0n) is 14.0. The minimum atomic E-state index is -0.791. The molecule has 1 aromatic heterocycles. The summed E-state index contributed by atoms with van der Waals surface area (Å²) >= 11 is 0. The van der Waals surface area contributed by atoms with Crippen molar-refractivity contribution in [2.45, 2.75) is 44.8 Å². The smallest absolute Gasteiger partial charge is 0.339 e. The Bertz CT molecular complexity index is 816. The van der Waals surface area contributed by atoms with E-state index in [0.29, 0.717) is 36.7 Å². The van der Waals surface area contributed by atoms with Crippen molar-refractivity contribution in [2.24, 2.45) is 0 Å². The van der Waals surface area contributed by atoms with Crippen molar-refractivity contribution in [3.8, 4) is 0 Å². The fourth-order valence-corrected chi connectivity index (χ4v) is 3.50. The summed E-state index contributed by atoms with van der Waals surface area (Å²) < 4.78 is 10.6. The van der Waals surface area contributed by atoms with E-state index in [4.69, 9.17) is 9.26 Å². The standard InChI is InChI=1S/C18H19N3O4/c1-2-15-19-16(20-25-15)13-8-5-9-21(13)17(22)14-10-11-6-3-4-7-12(11)18(23)24-14/h3-4,6-7,13-14H,2,5,8-10H2,1H3. The van der Waals surface area contributed by atoms with Gasteiger partial charge < -0.3 is 14.2 Å². The molecule has 0 saturated carbocycles. The third-order valence-corrected chi connectivity index (χ3v) is 4.79. The highest BCUT2D eigenvalue weighted by Crippen LogP contribution is 2.32. The van der Waals surface area contributed by atoms with Crippen LogP contribution in [0, 0.1) is 0 Å². The lowest BCUT2D eigenvalue weighted by Gasteiger charge is -2.29. The van der Waals surface area contributed by atoms with Gasteiger partial charge in [0.15, 0.2) is 11.9 Å². The Labute approximate surface area is 145 Å². The number of nitrogens with zero attached hydrogens (tertiary/aromatic N) is 3. The van der Waals surface area contributed by atoms with E-state index in [1.165, 1.54) is 0 Å². The van der Waals surface area contributed by atoms with Gasteiger partial charge in [0.1, 0.15) is 0 Å². The van der Waals surface area contributed by atoms with Gasteiger partial charge in [-0.15, -0.1) is 0 Å². The zero-order chi connectivity index (χ0) is 17.4. The second-order valence-corrected chi connectivity index (χ2v) is 6.34. The molecule has 0 bridgehead atoms. The topological polar surface area (TPSA) is 85.5 Å². The molecule has 7 nitrogen and oxygen atoms in total. The highest BCUT2D eigenvalue weighted by molar-refractivity contribution is 5.95. The molecule has 2 aliphatic heterocycles. The van der Waals surface area contributed by atoms with Crippen LogP contribution in [0.2, 0.25) is 0 Å². The Kier molecular flexibility index (Phi) is 3.99. The maximum Gasteiger partial charge on any atom is 0.339 e. The average molecular weight is 341 g/mol. The Morgan fingerprint density at radius 3 is 3.00 bits per heavy atom. The van der Waals surface area contributed by atoms with Crippen molar-refractivity contribution in [1.82, 2.24) is 15.0 Å². The number of aromatic nitrogens is 2. The summed E-state index contributed by atoms with van der Waals surface area (Å²) in [4.78, 5) is 31.2. The molecule has 1 amide bonds. The molecule has 0 spiro atoms. The molecule has 1 fully saturated rings. The van der Waals surface area contributed by atoms with Crippen molar-refractivity contribution in [3.05, 3.63) is 47.1 Å². The molecule has 0 radical (unpaired) electrons. The average Bonchev–Trinajstić information content (AvgIpc) is 3.29. The number of benzene rings is 1. The number of cyclic esters (lactones) is 1. The van der Waals surface area contributed by atoms with Crippen molar-refractivity contribution in [3.63, 3.8) is 0 Å². The van der Waals surface area contributed by atoms with Crippen LogP contribution in [0.1, 0.15) is 53.4 Å². The first kappa shape index (κ1) is 15.8. The summed E-state index contributed by atoms with van der Waals surface area (Å²) in [6.07, 6.45) is 1.91. The van der Waals surface area contributed by atoms with Crippen LogP contribution in [0.15, 0.2) is 28.8 Å². The Hall–Kier alpha value is -2.70. The molecule has 0 N–H and O–H groups in total. The van der Waals surface area contributed by atoms with Gasteiger partial charge in [-0.25, -0.2) is 4.79 Å². The molecule has 2 atom stereocenters. The lowest BCUT2D eigenvalue weighted by Crippen LogP contribution is -2.44. The number of likely N-dealkylation sites (tertiary alicyclic amines) is 1. The van der Waals surface area contributed by atoms with Crippen molar-refractivity contribution in [2.75, 3.05) is 6.54 Å². The van der Waals surface area contributed by atoms with Crippen molar-refractivity contribution >= 4 is 11.9 Å². The van der Waals surface area contributed by atoms with Crippen LogP contribution in [0.5, 0.6) is 0 Å². The predicted octanol–water partition coefficient (Wildman–Crippen LogP) is 2.08. The van der Waals surface area contributed by atoms with Gasteiger partial charge in [-0.2, -0.15) is 4.98 Å². The number of amides is 1. The lowest BCUT2D eigenvalue weighted by atomic mass is 9.98. The Balaban J connectivity index is 1.55. The summed E-state index contributed by atoms with van der Waals surface area (Å²) in [7, 11) is 0. The molecule has 7 heteroatoms. The molecule has 2 aromatic rings. The van der Waals surface area contributed by atoms with E-state index in [2.05, 4.69) is 10.1 Å². The van der Waals surface area contributed by atoms with Crippen LogP contribution in [-0.2, 0) is 22.4 Å². The van der Waals surface area contributed by atoms with E-state index in [1.807, 2.05) is 19.1 Å². The first-order valence-electron chi connectivity index (χ1n) is 8.59. The fraction of sp³-hybridized carbons (Fsp3) is 0.444. The largest absolute Gasteiger partial charge is 0.448 e. The number of hydrogen-bond acceptors (Lipinski definition) is 6. The molecule has 4 rings (SSSR count). The molecule has 1 saturated heterocycles. The molecule has 25 heavy (non-hydrogen) atoms. The van der Waals surface area contributed by atoms with Gasteiger partial charge >= 0.3 is 5.97 Å². The number of carbonyl (C=O) groups is 2. The third-order valence-electron chi connectivity index (χ3n) is 4.79. The number of hydrogen-bond donors (Lipinski definition) is 0. The normalized spacial score (nSPS) is 22.6. The van der Waals surface area contributed by atoms with Gasteiger partial charge in [-0.1, -0.05) is 30.3 Å². The molecule has 3 heterocycles. The van der Waals surface area contributed by atoms with Crippen LogP contribution >= 0.6 is 0 Å². The van der Waals surface area contributed by atoms with Gasteiger partial charge in [0.2, 0.25) is 5.89 Å². The number of fused-ring (bicyclic) bond motifs is 1. The quantitative estimate of drug-likeness (QED) is 0.795. The molecular weight excluding hydrogens is 322 g/mol. The zero-order valence-corrected chi connectivity index (χ0v) is 14.0. The number of esters is 1. The first-order chi connectivity index (χ1) is 12.2. The summed E-state index contributed by atoms with van der Waals surface area (Å²) in [6.45, 7) is 2.54. The van der Waals surface area contributed by atoms with Crippen molar-refractivity contribution < 1.29 is 18.8 Å². The molecule has 1 aromatic carbocycles. The number of ether oxygens (including phenoxy) is 1. The molecule has 0 aliphatic carbocycles. The van der Waals surface area contributed by atoms with E-state index in [-0.39, 0.29) is 11.9 Å². The van der Waals surface area contributed by atoms with E-state index in [1.54, 1.807) is 17.0 Å². The van der Waals surface area contributed by atoms with Gasteiger partial charge in [-0.3, -0.25) is 4.79 Å². The van der Waals surface area contributed by atoms with E-state index < -0.39 is 12.1 Å². The van der Waals surface area contributed by atoms with Crippen LogP contribution in [0.4, 0.5) is 0 Å². The lowest BCUT2D eigenvalue weighted by molar-refractivity contribution is -0.142. The number of rotatable bonds is 3. The Morgan fingerprint density at radius 2 is 2.20 bits per heavy atom. The maximum absolute atomic E-state index is 13.0. The summed E-state index contributed by atoms with van der Waals surface area (Å²) in [5.74, 6) is 0.467. The minimum absolute atomic E-state index is 0.187. The van der Waals surface area contributed by atoms with Gasteiger partial charge in [-0.05, 0) is 24.5 Å². The van der Waals surface area contributed by atoms with E-state index in [0.717, 1.165) is 18.4 Å². The molecular formula is C18H19N3O4. The highest BCUT2D eigenvalue weighted by atomic mass is 16.5. The van der Waals surface area contributed by atoms with E-state index in [9.17, 15) is 9.59 Å². The SMILES string of the molecule is CCc1nc(C2CCCN2C(=O)C2Cc3ccccc3C(=O)O2)no1. The molecule has 130 valence electrons. The van der Waals surface area contributed by atoms with Crippen molar-refractivity contribution in [1.29, 1.82) is 0 Å². The minimum Gasteiger partial charge on any atom is -0.448 e. The monoisotopic (exact) mass is 341 g/mol. The number of aryl methyl sites for hydroxylation is 1. The number of carbonyl (C=O) groups excluding carboxylic acids is 2. The second-order valence-electron chi connectivity index (χ2n) is 6.34. The molecule has 2 aliphatic rings.